The van der Waals surface area contributed by atoms with Gasteiger partial charge < -0.3 is 19.9 Å². The lowest BCUT2D eigenvalue weighted by atomic mass is 10.1. The Balaban J connectivity index is 1.67. The summed E-state index contributed by atoms with van der Waals surface area (Å²) in [7, 11) is 1.60. The van der Waals surface area contributed by atoms with E-state index in [1.807, 2.05) is 18.2 Å². The Hall–Kier alpha value is -3.09. The number of carbonyl (C=O) groups is 2. The van der Waals surface area contributed by atoms with Crippen molar-refractivity contribution >= 4 is 11.9 Å². The van der Waals surface area contributed by atoms with Crippen molar-refractivity contribution in [2.45, 2.75) is 38.3 Å². The Kier molecular flexibility index (Phi) is 5.90. The van der Waals surface area contributed by atoms with E-state index in [0.717, 1.165) is 18.4 Å². The lowest BCUT2D eigenvalue weighted by Crippen LogP contribution is -2.23. The number of amides is 1. The van der Waals surface area contributed by atoms with Gasteiger partial charge in [-0.2, -0.15) is 0 Å². The third-order valence-electron chi connectivity index (χ3n) is 4.52. The number of carbonyl (C=O) groups excluding carboxylic acids is 1. The summed E-state index contributed by atoms with van der Waals surface area (Å²) in [4.78, 5) is 27.0. The molecule has 0 spiro atoms. The molecule has 1 fully saturated rings. The van der Waals surface area contributed by atoms with Gasteiger partial charge in [0.15, 0.2) is 11.5 Å². The van der Waals surface area contributed by atoms with Crippen LogP contribution in [0.3, 0.4) is 0 Å². The predicted molar refractivity (Wildman–Crippen MR) is 98.2 cm³/mol. The molecule has 1 saturated carbocycles. The van der Waals surface area contributed by atoms with Crippen LogP contribution >= 0.6 is 0 Å². The lowest BCUT2D eigenvalue weighted by Gasteiger charge is -2.17. The molecular formula is C20H22N2O5. The molecule has 7 nitrogen and oxygen atoms in total. The second-order valence-electron chi connectivity index (χ2n) is 6.43. The Morgan fingerprint density at radius 2 is 1.96 bits per heavy atom. The van der Waals surface area contributed by atoms with Crippen molar-refractivity contribution in [1.82, 2.24) is 10.3 Å². The summed E-state index contributed by atoms with van der Waals surface area (Å²) in [5.74, 6) is -0.201. The molecule has 27 heavy (non-hydrogen) atoms. The summed E-state index contributed by atoms with van der Waals surface area (Å²) in [6.07, 6.45) is 5.94. The molecule has 2 aromatic rings. The van der Waals surface area contributed by atoms with E-state index in [0.29, 0.717) is 11.5 Å². The van der Waals surface area contributed by atoms with Gasteiger partial charge in [0.1, 0.15) is 5.69 Å². The van der Waals surface area contributed by atoms with Gasteiger partial charge >= 0.3 is 5.97 Å². The summed E-state index contributed by atoms with van der Waals surface area (Å²) >= 11 is 0. The van der Waals surface area contributed by atoms with Crippen LogP contribution in [0.25, 0.3) is 0 Å². The molecule has 1 aliphatic rings. The third kappa shape index (κ3) is 4.75. The lowest BCUT2D eigenvalue weighted by molar-refractivity contribution is 0.0690. The molecule has 1 amide bonds. The first-order valence-corrected chi connectivity index (χ1v) is 8.88. The van der Waals surface area contributed by atoms with E-state index >= 15 is 0 Å². The van der Waals surface area contributed by atoms with Crippen molar-refractivity contribution in [3.8, 4) is 11.5 Å². The average Bonchev–Trinajstić information content (AvgIpc) is 3.19. The first kappa shape index (κ1) is 18.7. The maximum absolute atomic E-state index is 12.3. The fraction of sp³-hybridized carbons (Fsp3) is 0.350. The van der Waals surface area contributed by atoms with Gasteiger partial charge in [0.25, 0.3) is 5.91 Å². The highest BCUT2D eigenvalue weighted by Gasteiger charge is 2.19. The highest BCUT2D eigenvalue weighted by Crippen LogP contribution is 2.32. The van der Waals surface area contributed by atoms with E-state index in [2.05, 4.69) is 10.3 Å². The first-order valence-electron chi connectivity index (χ1n) is 8.88. The van der Waals surface area contributed by atoms with Gasteiger partial charge in [0.2, 0.25) is 0 Å². The van der Waals surface area contributed by atoms with E-state index < -0.39 is 5.97 Å². The summed E-state index contributed by atoms with van der Waals surface area (Å²) in [6.45, 7) is 0.286. The van der Waals surface area contributed by atoms with Crippen molar-refractivity contribution in [2.75, 3.05) is 7.11 Å². The smallest absolute Gasteiger partial charge is 0.354 e. The fourth-order valence-corrected chi connectivity index (χ4v) is 3.08. The van der Waals surface area contributed by atoms with Gasteiger partial charge in [0, 0.05) is 18.3 Å². The van der Waals surface area contributed by atoms with Crippen LogP contribution in [0, 0.1) is 0 Å². The van der Waals surface area contributed by atoms with Gasteiger partial charge in [-0.25, -0.2) is 9.78 Å². The van der Waals surface area contributed by atoms with E-state index in [4.69, 9.17) is 14.6 Å². The molecule has 7 heteroatoms. The summed E-state index contributed by atoms with van der Waals surface area (Å²) in [5, 5.41) is 11.8. The van der Waals surface area contributed by atoms with E-state index in [-0.39, 0.29) is 29.8 Å². The van der Waals surface area contributed by atoms with Gasteiger partial charge in [0.05, 0.1) is 13.2 Å². The van der Waals surface area contributed by atoms with Crippen molar-refractivity contribution in [3.05, 3.63) is 53.3 Å². The standard InChI is InChI=1S/C20H22N2O5/c1-26-17-7-6-13(10-18(17)27-15-4-2-3-5-15)12-22-19(23)14-8-9-21-16(11-14)20(24)25/h6-11,15H,2-5,12H2,1H3,(H,22,23)(H,24,25). The number of rotatable bonds is 7. The minimum absolute atomic E-state index is 0.167. The molecular weight excluding hydrogens is 348 g/mol. The van der Waals surface area contributed by atoms with Gasteiger partial charge in [-0.15, -0.1) is 0 Å². The monoisotopic (exact) mass is 370 g/mol. The van der Waals surface area contributed by atoms with Crippen LogP contribution in [0.5, 0.6) is 11.5 Å². The average molecular weight is 370 g/mol. The largest absolute Gasteiger partial charge is 0.493 e. The molecule has 0 atom stereocenters. The summed E-state index contributed by atoms with van der Waals surface area (Å²) in [5.41, 5.74) is 0.947. The van der Waals surface area contributed by atoms with E-state index in [9.17, 15) is 9.59 Å². The first-order chi connectivity index (χ1) is 13.1. The second kappa shape index (κ2) is 8.53. The zero-order valence-corrected chi connectivity index (χ0v) is 15.1. The van der Waals surface area contributed by atoms with E-state index in [1.165, 1.54) is 31.2 Å². The van der Waals surface area contributed by atoms with Gasteiger partial charge in [-0.1, -0.05) is 6.07 Å². The molecule has 2 N–H and O–H groups in total. The molecule has 0 saturated heterocycles. The fourth-order valence-electron chi connectivity index (χ4n) is 3.08. The van der Waals surface area contributed by atoms with Crippen molar-refractivity contribution < 1.29 is 24.2 Å². The number of pyridine rings is 1. The van der Waals surface area contributed by atoms with Crippen LogP contribution in [0.2, 0.25) is 0 Å². The van der Waals surface area contributed by atoms with E-state index in [1.54, 1.807) is 7.11 Å². The van der Waals surface area contributed by atoms with Gasteiger partial charge in [-0.05, 0) is 55.5 Å². The highest BCUT2D eigenvalue weighted by molar-refractivity contribution is 5.96. The molecule has 0 aliphatic heterocycles. The predicted octanol–water partition coefficient (Wildman–Crippen LogP) is 3.04. The summed E-state index contributed by atoms with van der Waals surface area (Å²) < 4.78 is 11.4. The molecule has 1 aromatic carbocycles. The van der Waals surface area contributed by atoms with Crippen LogP contribution in [0.15, 0.2) is 36.5 Å². The van der Waals surface area contributed by atoms with Crippen molar-refractivity contribution in [3.63, 3.8) is 0 Å². The molecule has 3 rings (SSSR count). The van der Waals surface area contributed by atoms with Crippen LogP contribution < -0.4 is 14.8 Å². The van der Waals surface area contributed by atoms with Crippen LogP contribution in [-0.4, -0.2) is 35.2 Å². The Bertz CT molecular complexity index is 831. The SMILES string of the molecule is COc1ccc(CNC(=O)c2ccnc(C(=O)O)c2)cc1OC1CCCC1. The molecule has 1 heterocycles. The molecule has 1 aliphatic carbocycles. The molecule has 1 aromatic heterocycles. The zero-order chi connectivity index (χ0) is 19.2. The number of carboxylic acids is 1. The number of benzene rings is 1. The number of nitrogens with one attached hydrogen (secondary N) is 1. The maximum atomic E-state index is 12.3. The Morgan fingerprint density at radius 3 is 2.67 bits per heavy atom. The quantitative estimate of drug-likeness (QED) is 0.777. The highest BCUT2D eigenvalue weighted by atomic mass is 16.5. The van der Waals surface area contributed by atoms with Crippen LogP contribution in [0.1, 0.15) is 52.1 Å². The number of ether oxygens (including phenoxy) is 2. The molecule has 0 radical (unpaired) electrons. The van der Waals surface area contributed by atoms with Crippen LogP contribution in [-0.2, 0) is 6.54 Å². The molecule has 0 unspecified atom stereocenters. The minimum atomic E-state index is -1.17. The zero-order valence-electron chi connectivity index (χ0n) is 15.1. The minimum Gasteiger partial charge on any atom is -0.493 e. The number of carboxylic acid groups (broad SMARTS) is 1. The molecule has 142 valence electrons. The van der Waals surface area contributed by atoms with Gasteiger partial charge in [-0.3, -0.25) is 4.79 Å². The maximum Gasteiger partial charge on any atom is 0.354 e. The Labute approximate surface area is 157 Å². The number of hydrogen-bond donors (Lipinski definition) is 2. The van der Waals surface area contributed by atoms with Crippen molar-refractivity contribution in [2.24, 2.45) is 0 Å². The molecule has 0 bridgehead atoms. The Morgan fingerprint density at radius 1 is 1.19 bits per heavy atom. The topological polar surface area (TPSA) is 97.8 Å². The number of aromatic carboxylic acids is 1. The number of nitrogens with zero attached hydrogens (tertiary/aromatic N) is 1. The number of methoxy groups -OCH3 is 1. The number of hydrogen-bond acceptors (Lipinski definition) is 5. The van der Waals surface area contributed by atoms with Crippen molar-refractivity contribution in [1.29, 1.82) is 0 Å². The normalized spacial score (nSPS) is 14.0. The second-order valence-corrected chi connectivity index (χ2v) is 6.43. The third-order valence-corrected chi connectivity index (χ3v) is 4.52. The van der Waals surface area contributed by atoms with Crippen LogP contribution in [0.4, 0.5) is 0 Å². The summed E-state index contributed by atoms with van der Waals surface area (Å²) in [6, 6.07) is 8.27. The number of aromatic nitrogens is 1.